The molecule has 2 heterocycles. The van der Waals surface area contributed by atoms with Crippen molar-refractivity contribution in [1.29, 1.82) is 0 Å². The molecule has 5 nitrogen and oxygen atoms in total. The number of ether oxygens (including phenoxy) is 1. The van der Waals surface area contributed by atoms with Gasteiger partial charge in [0, 0.05) is 14.1 Å². The Labute approximate surface area is 101 Å². The smallest absolute Gasteiger partial charge is 0.267 e. The van der Waals surface area contributed by atoms with Crippen LogP contribution in [0.4, 0.5) is 8.78 Å². The van der Waals surface area contributed by atoms with Gasteiger partial charge in [0.1, 0.15) is 29.8 Å². The van der Waals surface area contributed by atoms with Gasteiger partial charge in [0.05, 0.1) is 0 Å². The summed E-state index contributed by atoms with van der Waals surface area (Å²) < 4.78 is 30.3. The molecule has 1 fully saturated rings. The summed E-state index contributed by atoms with van der Waals surface area (Å²) in [6, 6.07) is -0.692. The normalized spacial score (nSPS) is 41.4. The molecule has 0 unspecified atom stereocenters. The number of thioether (sulfide) groups is 1. The molecular formula is C9H14F2N2O3S. The first kappa shape index (κ1) is 13.0. The lowest BCUT2D eigenvalue weighted by Crippen LogP contribution is -2.56. The molecule has 5 atom stereocenters. The third-order valence-electron chi connectivity index (χ3n) is 2.72. The lowest BCUT2D eigenvalue weighted by molar-refractivity contribution is -0.193. The Balaban J connectivity index is 2.15. The topological polar surface area (TPSA) is 65.3 Å². The molecule has 0 aromatic heterocycles. The number of rotatable bonds is 1. The Hall–Kier alpha value is -0.440. The van der Waals surface area contributed by atoms with Gasteiger partial charge < -0.3 is 19.8 Å². The molecule has 0 aromatic rings. The zero-order valence-corrected chi connectivity index (χ0v) is 10.1. The Morgan fingerprint density at radius 1 is 1.35 bits per heavy atom. The Morgan fingerprint density at radius 2 is 2.00 bits per heavy atom. The number of hydrogen-bond acceptors (Lipinski definition) is 6. The SMILES string of the molecule is CN(C)C1=N[C@@H]2[C@@H](O)[C@H](O)[C@@H](C(F)F)O[C@@H]2S1. The van der Waals surface area contributed by atoms with Crippen molar-refractivity contribution in [2.45, 2.75) is 36.2 Å². The second-order valence-electron chi connectivity index (χ2n) is 4.20. The molecule has 2 rings (SSSR count). The molecule has 1 saturated heterocycles. The van der Waals surface area contributed by atoms with E-state index >= 15 is 0 Å². The third-order valence-corrected chi connectivity index (χ3v) is 4.02. The summed E-state index contributed by atoms with van der Waals surface area (Å²) in [5.74, 6) is 0. The zero-order valence-electron chi connectivity index (χ0n) is 9.33. The fraction of sp³-hybridized carbons (Fsp3) is 0.889. The molecule has 0 aromatic carbocycles. The van der Waals surface area contributed by atoms with Gasteiger partial charge in [0.2, 0.25) is 0 Å². The summed E-state index contributed by atoms with van der Waals surface area (Å²) in [5, 5.41) is 19.9. The highest BCUT2D eigenvalue weighted by Gasteiger charge is 2.51. The third kappa shape index (κ3) is 2.26. The van der Waals surface area contributed by atoms with Gasteiger partial charge in [-0.2, -0.15) is 0 Å². The van der Waals surface area contributed by atoms with E-state index in [2.05, 4.69) is 4.99 Å². The molecule has 0 radical (unpaired) electrons. The number of alkyl halides is 2. The van der Waals surface area contributed by atoms with Crippen LogP contribution < -0.4 is 0 Å². The van der Waals surface area contributed by atoms with Crippen LogP contribution in [-0.2, 0) is 4.74 Å². The maximum atomic E-state index is 12.6. The summed E-state index contributed by atoms with van der Waals surface area (Å²) in [6.07, 6.45) is -7.42. The van der Waals surface area contributed by atoms with Gasteiger partial charge in [-0.25, -0.2) is 8.78 Å². The lowest BCUT2D eigenvalue weighted by atomic mass is 9.98. The first-order valence-corrected chi connectivity index (χ1v) is 6.01. The molecule has 0 saturated carbocycles. The average molecular weight is 268 g/mol. The molecule has 2 N–H and O–H groups in total. The van der Waals surface area contributed by atoms with E-state index in [1.54, 1.807) is 19.0 Å². The second kappa shape index (κ2) is 4.68. The number of amidine groups is 1. The van der Waals surface area contributed by atoms with E-state index in [0.717, 1.165) is 0 Å². The van der Waals surface area contributed by atoms with E-state index in [9.17, 15) is 19.0 Å². The summed E-state index contributed by atoms with van der Waals surface area (Å²) in [5.41, 5.74) is -0.662. The summed E-state index contributed by atoms with van der Waals surface area (Å²) in [7, 11) is 3.52. The molecule has 2 aliphatic rings. The van der Waals surface area contributed by atoms with Gasteiger partial charge in [-0.3, -0.25) is 4.99 Å². The number of aliphatic imine (C=N–C) groups is 1. The van der Waals surface area contributed by atoms with Gasteiger partial charge in [-0.05, 0) is 0 Å². The highest BCUT2D eigenvalue weighted by molar-refractivity contribution is 8.14. The Kier molecular flexibility index (Phi) is 3.58. The van der Waals surface area contributed by atoms with Crippen molar-refractivity contribution < 1.29 is 23.7 Å². The minimum Gasteiger partial charge on any atom is -0.388 e. The minimum absolute atomic E-state index is 0.598. The number of halogens is 2. The summed E-state index contributed by atoms with van der Waals surface area (Å²) in [4.78, 5) is 5.87. The van der Waals surface area contributed by atoms with Gasteiger partial charge in [0.25, 0.3) is 6.43 Å². The monoisotopic (exact) mass is 268 g/mol. The van der Waals surface area contributed by atoms with Gasteiger partial charge in [-0.15, -0.1) is 0 Å². The van der Waals surface area contributed by atoms with Crippen LogP contribution >= 0.6 is 11.8 Å². The van der Waals surface area contributed by atoms with Crippen molar-refractivity contribution in [3.8, 4) is 0 Å². The highest BCUT2D eigenvalue weighted by Crippen LogP contribution is 2.38. The molecule has 17 heavy (non-hydrogen) atoms. The predicted octanol–water partition coefficient (Wildman–Crippen LogP) is -0.269. The van der Waals surface area contributed by atoms with Crippen LogP contribution in [0.2, 0.25) is 0 Å². The van der Waals surface area contributed by atoms with Crippen LogP contribution in [0.1, 0.15) is 0 Å². The Bertz CT molecular complexity index is 329. The van der Waals surface area contributed by atoms with Gasteiger partial charge in [0.15, 0.2) is 5.17 Å². The van der Waals surface area contributed by atoms with Crippen molar-refractivity contribution in [1.82, 2.24) is 4.90 Å². The maximum absolute atomic E-state index is 12.6. The van der Waals surface area contributed by atoms with E-state index in [-0.39, 0.29) is 0 Å². The van der Waals surface area contributed by atoms with Crippen LogP contribution in [0.15, 0.2) is 4.99 Å². The first-order chi connectivity index (χ1) is 7.91. The second-order valence-corrected chi connectivity index (χ2v) is 5.26. The molecule has 98 valence electrons. The largest absolute Gasteiger partial charge is 0.388 e. The molecule has 0 bridgehead atoms. The minimum atomic E-state index is -2.83. The average Bonchev–Trinajstić information content (AvgIpc) is 2.67. The number of aliphatic hydroxyl groups is 2. The molecule has 0 aliphatic carbocycles. The molecule has 0 spiro atoms. The van der Waals surface area contributed by atoms with E-state index in [4.69, 9.17) is 4.74 Å². The van der Waals surface area contributed by atoms with Gasteiger partial charge >= 0.3 is 0 Å². The van der Waals surface area contributed by atoms with Crippen molar-refractivity contribution >= 4 is 16.9 Å². The fourth-order valence-electron chi connectivity index (χ4n) is 1.80. The summed E-state index contributed by atoms with van der Waals surface area (Å²) >= 11 is 1.18. The van der Waals surface area contributed by atoms with Crippen molar-refractivity contribution in [3.05, 3.63) is 0 Å². The molecular weight excluding hydrogens is 254 g/mol. The predicted molar refractivity (Wildman–Crippen MR) is 59.2 cm³/mol. The van der Waals surface area contributed by atoms with E-state index in [0.29, 0.717) is 5.17 Å². The molecule has 8 heteroatoms. The first-order valence-electron chi connectivity index (χ1n) is 5.13. The van der Waals surface area contributed by atoms with E-state index < -0.39 is 36.2 Å². The summed E-state index contributed by atoms with van der Waals surface area (Å²) in [6.45, 7) is 0. The van der Waals surface area contributed by atoms with Crippen LogP contribution in [0, 0.1) is 0 Å². The Morgan fingerprint density at radius 3 is 2.53 bits per heavy atom. The maximum Gasteiger partial charge on any atom is 0.267 e. The van der Waals surface area contributed by atoms with E-state index in [1.165, 1.54) is 11.8 Å². The lowest BCUT2D eigenvalue weighted by Gasteiger charge is -2.37. The van der Waals surface area contributed by atoms with Crippen LogP contribution in [0.3, 0.4) is 0 Å². The van der Waals surface area contributed by atoms with Crippen LogP contribution in [0.25, 0.3) is 0 Å². The van der Waals surface area contributed by atoms with Crippen LogP contribution in [-0.4, -0.2) is 70.6 Å². The quantitative estimate of drug-likeness (QED) is 0.685. The van der Waals surface area contributed by atoms with Crippen molar-refractivity contribution in [2.24, 2.45) is 4.99 Å². The number of nitrogens with zero attached hydrogens (tertiary/aromatic N) is 2. The molecule has 0 amide bonds. The number of hydrogen-bond donors (Lipinski definition) is 2. The fourth-order valence-corrected chi connectivity index (χ4v) is 2.95. The number of aliphatic hydroxyl groups excluding tert-OH is 2. The standard InChI is InChI=1S/C9H14F2N2O3S/c1-13(2)9-12-3-4(14)5(15)6(7(10)11)16-8(3)17-9/h3-8,14-15H,1-2H3/t3-,4-,5+,6+,8-/m1/s1. The number of fused-ring (bicyclic) bond motifs is 1. The van der Waals surface area contributed by atoms with Gasteiger partial charge in [-0.1, -0.05) is 11.8 Å². The molecule has 2 aliphatic heterocycles. The highest BCUT2D eigenvalue weighted by atomic mass is 32.2. The zero-order chi connectivity index (χ0) is 12.7. The van der Waals surface area contributed by atoms with Crippen LogP contribution in [0.5, 0.6) is 0 Å². The van der Waals surface area contributed by atoms with E-state index in [1.807, 2.05) is 0 Å². The van der Waals surface area contributed by atoms with Crippen molar-refractivity contribution in [2.75, 3.05) is 14.1 Å². The van der Waals surface area contributed by atoms with Crippen molar-refractivity contribution in [3.63, 3.8) is 0 Å².